The van der Waals surface area contributed by atoms with E-state index in [2.05, 4.69) is 23.3 Å². The Labute approximate surface area is 133 Å². The molecule has 0 fully saturated rings. The van der Waals surface area contributed by atoms with Crippen LogP contribution in [0.3, 0.4) is 0 Å². The topological polar surface area (TPSA) is 58.4 Å². The number of hydrogen-bond acceptors (Lipinski definition) is 3. The number of rotatable bonds is 1. The Hall–Kier alpha value is -2.82. The summed E-state index contributed by atoms with van der Waals surface area (Å²) in [6, 6.07) is 13.5. The van der Waals surface area contributed by atoms with Crippen LogP contribution in [-0.4, -0.2) is 17.1 Å². The first-order chi connectivity index (χ1) is 11.1. The standard InChI is InChI=1S/C18H17N3O2/c1-11-9-13-5-3-4-6-16(13)21(11)18(22)20-14-7-8-17-15(10-14)19-12(2)23-17/h3-8,10-11H,9H2,1-2H3,(H,20,22)/t11-/m0/s1. The molecular formula is C18H17N3O2. The first kappa shape index (κ1) is 13.8. The molecule has 5 heteroatoms. The van der Waals surface area contributed by atoms with Gasteiger partial charge in [0.05, 0.1) is 0 Å². The van der Waals surface area contributed by atoms with Gasteiger partial charge >= 0.3 is 6.03 Å². The van der Waals surface area contributed by atoms with Crippen molar-refractivity contribution < 1.29 is 9.21 Å². The van der Waals surface area contributed by atoms with Gasteiger partial charge < -0.3 is 9.73 Å². The number of nitrogens with zero attached hydrogens (tertiary/aromatic N) is 2. The molecule has 3 aromatic rings. The summed E-state index contributed by atoms with van der Waals surface area (Å²) < 4.78 is 5.46. The number of amides is 2. The van der Waals surface area contributed by atoms with Gasteiger partial charge in [0, 0.05) is 24.3 Å². The van der Waals surface area contributed by atoms with Gasteiger partial charge in [-0.05, 0) is 43.2 Å². The molecule has 116 valence electrons. The highest BCUT2D eigenvalue weighted by Crippen LogP contribution is 2.32. The lowest BCUT2D eigenvalue weighted by molar-refractivity contribution is 0.256. The zero-order valence-electron chi connectivity index (χ0n) is 13.0. The molecule has 0 spiro atoms. The molecule has 2 heterocycles. The van der Waals surface area contributed by atoms with Crippen LogP contribution in [0.15, 0.2) is 46.9 Å². The van der Waals surface area contributed by atoms with Crippen LogP contribution < -0.4 is 10.2 Å². The van der Waals surface area contributed by atoms with Crippen LogP contribution in [0.2, 0.25) is 0 Å². The lowest BCUT2D eigenvalue weighted by atomic mass is 10.1. The lowest BCUT2D eigenvalue weighted by Crippen LogP contribution is -2.39. The zero-order valence-corrected chi connectivity index (χ0v) is 13.0. The first-order valence-electron chi connectivity index (χ1n) is 7.67. The second-order valence-electron chi connectivity index (χ2n) is 5.90. The normalized spacial score (nSPS) is 16.6. The minimum atomic E-state index is -0.123. The highest BCUT2D eigenvalue weighted by Gasteiger charge is 2.30. The number of nitrogens with one attached hydrogen (secondary N) is 1. The number of oxazole rings is 1. The minimum Gasteiger partial charge on any atom is -0.441 e. The van der Waals surface area contributed by atoms with Gasteiger partial charge in [0.2, 0.25) is 0 Å². The highest BCUT2D eigenvalue weighted by molar-refractivity contribution is 6.04. The summed E-state index contributed by atoms with van der Waals surface area (Å²) >= 11 is 0. The van der Waals surface area contributed by atoms with Crippen molar-refractivity contribution in [3.8, 4) is 0 Å². The summed E-state index contributed by atoms with van der Waals surface area (Å²) in [5, 5.41) is 2.96. The number of para-hydroxylation sites is 1. The van der Waals surface area contributed by atoms with E-state index in [-0.39, 0.29) is 12.1 Å². The van der Waals surface area contributed by atoms with Gasteiger partial charge in [-0.25, -0.2) is 9.78 Å². The predicted octanol–water partition coefficient (Wildman–Crippen LogP) is 4.12. The minimum absolute atomic E-state index is 0.123. The Morgan fingerprint density at radius 1 is 1.30 bits per heavy atom. The number of hydrogen-bond donors (Lipinski definition) is 1. The molecular weight excluding hydrogens is 290 g/mol. The predicted molar refractivity (Wildman–Crippen MR) is 89.9 cm³/mol. The largest absolute Gasteiger partial charge is 0.441 e. The average Bonchev–Trinajstić information content (AvgIpc) is 3.04. The number of carbonyl (C=O) groups excluding carboxylic acids is 1. The number of benzene rings is 2. The Bertz CT molecular complexity index is 900. The van der Waals surface area contributed by atoms with Crippen LogP contribution in [0.25, 0.3) is 11.1 Å². The molecule has 0 saturated heterocycles. The van der Waals surface area contributed by atoms with Crippen LogP contribution in [0.4, 0.5) is 16.2 Å². The van der Waals surface area contributed by atoms with Gasteiger partial charge in [-0.3, -0.25) is 4.90 Å². The van der Waals surface area contributed by atoms with Gasteiger partial charge in [-0.2, -0.15) is 0 Å². The molecule has 0 aliphatic carbocycles. The molecule has 1 atom stereocenters. The van der Waals surface area contributed by atoms with E-state index in [0.29, 0.717) is 11.6 Å². The van der Waals surface area contributed by atoms with Crippen molar-refractivity contribution in [3.05, 3.63) is 53.9 Å². The molecule has 0 bridgehead atoms. The van der Waals surface area contributed by atoms with E-state index < -0.39 is 0 Å². The number of anilines is 2. The number of urea groups is 1. The fourth-order valence-corrected chi connectivity index (χ4v) is 3.18. The van der Waals surface area contributed by atoms with Crippen molar-refractivity contribution in [2.24, 2.45) is 0 Å². The molecule has 2 aromatic carbocycles. The molecule has 0 radical (unpaired) electrons. The smallest absolute Gasteiger partial charge is 0.326 e. The molecule has 1 aliphatic rings. The molecule has 0 unspecified atom stereocenters. The van der Waals surface area contributed by atoms with Crippen molar-refractivity contribution in [1.82, 2.24) is 4.98 Å². The number of aryl methyl sites for hydroxylation is 1. The maximum atomic E-state index is 12.7. The van der Waals surface area contributed by atoms with Gasteiger partial charge in [0.1, 0.15) is 5.52 Å². The second kappa shape index (κ2) is 5.12. The third kappa shape index (κ3) is 2.34. The maximum absolute atomic E-state index is 12.7. The Morgan fingerprint density at radius 2 is 2.13 bits per heavy atom. The summed E-state index contributed by atoms with van der Waals surface area (Å²) in [7, 11) is 0. The second-order valence-corrected chi connectivity index (χ2v) is 5.90. The lowest BCUT2D eigenvalue weighted by Gasteiger charge is -2.23. The summed E-state index contributed by atoms with van der Waals surface area (Å²) in [5.74, 6) is 0.616. The Balaban J connectivity index is 1.61. The molecule has 5 nitrogen and oxygen atoms in total. The van der Waals surface area contributed by atoms with Crippen molar-refractivity contribution in [2.75, 3.05) is 10.2 Å². The summed E-state index contributed by atoms with van der Waals surface area (Å²) in [4.78, 5) is 18.8. The van der Waals surface area contributed by atoms with Crippen LogP contribution in [0.5, 0.6) is 0 Å². The van der Waals surface area contributed by atoms with Gasteiger partial charge in [-0.15, -0.1) is 0 Å². The van der Waals surface area contributed by atoms with Gasteiger partial charge in [-0.1, -0.05) is 18.2 Å². The van der Waals surface area contributed by atoms with E-state index in [0.717, 1.165) is 23.2 Å². The van der Waals surface area contributed by atoms with Crippen molar-refractivity contribution >= 4 is 28.5 Å². The summed E-state index contributed by atoms with van der Waals surface area (Å²) in [6.07, 6.45) is 0.880. The van der Waals surface area contributed by atoms with E-state index in [9.17, 15) is 4.79 Å². The molecule has 1 N–H and O–H groups in total. The third-order valence-corrected chi connectivity index (χ3v) is 4.17. The first-order valence-corrected chi connectivity index (χ1v) is 7.67. The van der Waals surface area contributed by atoms with Gasteiger partial charge in [0.15, 0.2) is 11.5 Å². The number of carbonyl (C=O) groups is 1. The summed E-state index contributed by atoms with van der Waals surface area (Å²) in [6.45, 7) is 3.87. The quantitative estimate of drug-likeness (QED) is 0.735. The van der Waals surface area contributed by atoms with Crippen LogP contribution in [-0.2, 0) is 6.42 Å². The van der Waals surface area contributed by atoms with Crippen LogP contribution in [0, 0.1) is 6.92 Å². The molecule has 4 rings (SSSR count). The SMILES string of the molecule is Cc1nc2cc(NC(=O)N3c4ccccc4C[C@@H]3C)ccc2o1. The van der Waals surface area contributed by atoms with Crippen molar-refractivity contribution in [1.29, 1.82) is 0 Å². The average molecular weight is 307 g/mol. The van der Waals surface area contributed by atoms with Crippen LogP contribution in [0.1, 0.15) is 18.4 Å². The zero-order chi connectivity index (χ0) is 16.0. The van der Waals surface area contributed by atoms with Crippen molar-refractivity contribution in [2.45, 2.75) is 26.3 Å². The fourth-order valence-electron chi connectivity index (χ4n) is 3.18. The number of fused-ring (bicyclic) bond motifs is 2. The molecule has 1 aromatic heterocycles. The monoisotopic (exact) mass is 307 g/mol. The Kier molecular flexibility index (Phi) is 3.08. The number of aromatic nitrogens is 1. The Morgan fingerprint density at radius 3 is 3.00 bits per heavy atom. The van der Waals surface area contributed by atoms with E-state index >= 15 is 0 Å². The van der Waals surface area contributed by atoms with Crippen LogP contribution >= 0.6 is 0 Å². The molecule has 1 aliphatic heterocycles. The van der Waals surface area contributed by atoms with Crippen molar-refractivity contribution in [3.63, 3.8) is 0 Å². The molecule has 0 saturated carbocycles. The molecule has 23 heavy (non-hydrogen) atoms. The van der Waals surface area contributed by atoms with E-state index in [1.807, 2.05) is 41.3 Å². The maximum Gasteiger partial charge on any atom is 0.326 e. The summed E-state index contributed by atoms with van der Waals surface area (Å²) in [5.41, 5.74) is 4.37. The third-order valence-electron chi connectivity index (χ3n) is 4.17. The fraction of sp³-hybridized carbons (Fsp3) is 0.222. The van der Waals surface area contributed by atoms with E-state index in [1.54, 1.807) is 6.92 Å². The van der Waals surface area contributed by atoms with Gasteiger partial charge in [0.25, 0.3) is 0 Å². The van der Waals surface area contributed by atoms with E-state index in [4.69, 9.17) is 4.42 Å². The highest BCUT2D eigenvalue weighted by atomic mass is 16.3. The van der Waals surface area contributed by atoms with E-state index in [1.165, 1.54) is 5.56 Å². The molecule has 2 amide bonds.